The fourth-order valence-corrected chi connectivity index (χ4v) is 7.20. The minimum absolute atomic E-state index is 0.106. The summed E-state index contributed by atoms with van der Waals surface area (Å²) in [6.07, 6.45) is -3.17. The first-order valence-electron chi connectivity index (χ1n) is 8.62. The number of aliphatic hydroxyl groups is 1. The van der Waals surface area contributed by atoms with Crippen LogP contribution in [0.2, 0.25) is 0 Å². The fraction of sp³-hybridized carbons (Fsp3) is 0.400. The number of aryl methyl sites for hydroxylation is 1. The Bertz CT molecular complexity index is 792. The first-order chi connectivity index (χ1) is 12.9. The van der Waals surface area contributed by atoms with Crippen LogP contribution in [0.25, 0.3) is 0 Å². The zero-order valence-corrected chi connectivity index (χ0v) is 18.6. The first-order valence-corrected chi connectivity index (χ1v) is 13.5. The van der Waals surface area contributed by atoms with Crippen molar-refractivity contribution in [3.05, 3.63) is 63.2 Å². The number of halogens is 6. The van der Waals surface area contributed by atoms with Gasteiger partial charge in [-0.3, -0.25) is 0 Å². The number of rotatable bonds is 8. The van der Waals surface area contributed by atoms with Crippen molar-refractivity contribution in [3.8, 4) is 5.75 Å². The normalized spacial score (nSPS) is 13.4. The van der Waals surface area contributed by atoms with Crippen LogP contribution in [0.4, 0.5) is 17.6 Å². The summed E-state index contributed by atoms with van der Waals surface area (Å²) in [5, 5.41) is 10.2. The van der Waals surface area contributed by atoms with E-state index in [1.165, 1.54) is 50.2 Å². The van der Waals surface area contributed by atoms with Crippen molar-refractivity contribution in [2.24, 2.45) is 0 Å². The van der Waals surface area contributed by atoms with E-state index in [0.29, 0.717) is 0 Å². The maximum absolute atomic E-state index is 14.7. The molecule has 2 aromatic rings. The Balaban J connectivity index is 2.31. The molecule has 0 heterocycles. The number of benzene rings is 2. The Labute approximate surface area is 173 Å². The molecule has 2 aromatic carbocycles. The molecule has 0 atom stereocenters. The third-order valence-electron chi connectivity index (χ3n) is 3.96. The van der Waals surface area contributed by atoms with Gasteiger partial charge in [-0.25, -0.2) is 0 Å². The molecule has 0 saturated carbocycles. The molecule has 1 N–H and O–H groups in total. The van der Waals surface area contributed by atoms with Gasteiger partial charge in [-0.15, -0.1) is 0 Å². The molecule has 8 heteroatoms. The average Bonchev–Trinajstić information content (AvgIpc) is 2.62. The van der Waals surface area contributed by atoms with Crippen LogP contribution in [-0.2, 0) is 12.0 Å². The molecule has 28 heavy (non-hydrogen) atoms. The summed E-state index contributed by atoms with van der Waals surface area (Å²) < 4.78 is 57.9. The van der Waals surface area contributed by atoms with E-state index in [0.717, 1.165) is 18.4 Å². The summed E-state index contributed by atoms with van der Waals surface area (Å²) in [4.78, 5) is 0. The summed E-state index contributed by atoms with van der Waals surface area (Å²) in [6, 6.07) is 11.2. The van der Waals surface area contributed by atoms with E-state index in [2.05, 4.69) is 4.74 Å². The predicted molar refractivity (Wildman–Crippen MR) is 111 cm³/mol. The molecule has 2 rings (SSSR count). The molecule has 2 nitrogen and oxygen atoms in total. The molecule has 0 bridgehead atoms. The van der Waals surface area contributed by atoms with Gasteiger partial charge < -0.3 is 0 Å². The van der Waals surface area contributed by atoms with Gasteiger partial charge in [0.25, 0.3) is 0 Å². The van der Waals surface area contributed by atoms with Crippen molar-refractivity contribution < 1.29 is 27.4 Å². The van der Waals surface area contributed by atoms with E-state index in [9.17, 15) is 22.7 Å². The average molecular weight is 533 g/mol. The first kappa shape index (κ1) is 23.2. The standard InChI is InChI=1S/C20H22ClF4IO2/c1-4-7-14-10-12-15(13-11-14)28-20(24,25)19(22,23)26(21)17-9-6-5-8-16(17)18(2,3)27/h5-6,8-13,27H,4,7H2,1-3H3. The molecule has 0 aliphatic rings. The van der Waals surface area contributed by atoms with Crippen LogP contribution in [0.15, 0.2) is 48.5 Å². The summed E-state index contributed by atoms with van der Waals surface area (Å²) in [5.41, 5.74) is -0.493. The van der Waals surface area contributed by atoms with Crippen molar-refractivity contribution in [1.82, 2.24) is 0 Å². The second-order valence-electron chi connectivity index (χ2n) is 6.79. The van der Waals surface area contributed by atoms with E-state index < -0.39 is 34.3 Å². The summed E-state index contributed by atoms with van der Waals surface area (Å²) in [5.74, 6) is -0.360. The van der Waals surface area contributed by atoms with Gasteiger partial charge in [-0.05, 0) is 0 Å². The van der Waals surface area contributed by atoms with Crippen LogP contribution in [-0.4, -0.2) is 15.1 Å². The third-order valence-corrected chi connectivity index (χ3v) is 9.97. The van der Waals surface area contributed by atoms with Gasteiger partial charge in [0.2, 0.25) is 0 Å². The molecule has 0 fully saturated rings. The van der Waals surface area contributed by atoms with Gasteiger partial charge in [0.1, 0.15) is 0 Å². The van der Waals surface area contributed by atoms with Gasteiger partial charge in [0, 0.05) is 0 Å². The molecule has 0 aliphatic heterocycles. The SMILES string of the molecule is CCCc1ccc(OC(F)(F)C(F)(F)I(Cl)c2ccccc2C(C)(C)O)cc1. The summed E-state index contributed by atoms with van der Waals surface area (Å²) in [6.45, 7) is 4.74. The molecule has 156 valence electrons. The van der Waals surface area contributed by atoms with Gasteiger partial charge in [0.15, 0.2) is 0 Å². The predicted octanol–water partition coefficient (Wildman–Crippen LogP) is 6.96. The topological polar surface area (TPSA) is 29.5 Å². The quantitative estimate of drug-likeness (QED) is 0.226. The van der Waals surface area contributed by atoms with Crippen molar-refractivity contribution in [2.75, 3.05) is 0 Å². The molecule has 0 saturated heterocycles. The Hall–Kier alpha value is -1.06. The number of ether oxygens (including phenoxy) is 1. The van der Waals surface area contributed by atoms with Crippen LogP contribution >= 0.6 is 27.6 Å². The van der Waals surface area contributed by atoms with Crippen LogP contribution in [0.3, 0.4) is 0 Å². The van der Waals surface area contributed by atoms with Gasteiger partial charge >= 0.3 is 173 Å². The Morgan fingerprint density at radius 2 is 1.57 bits per heavy atom. The number of hydrogen-bond acceptors (Lipinski definition) is 2. The number of alkyl halides is 5. The van der Waals surface area contributed by atoms with E-state index in [1.807, 2.05) is 6.92 Å². The van der Waals surface area contributed by atoms with Crippen LogP contribution in [0, 0.1) is 3.57 Å². The zero-order valence-electron chi connectivity index (χ0n) is 15.7. The summed E-state index contributed by atoms with van der Waals surface area (Å²) >= 11 is -4.31. The van der Waals surface area contributed by atoms with Crippen molar-refractivity contribution in [2.45, 2.75) is 49.3 Å². The van der Waals surface area contributed by atoms with Crippen molar-refractivity contribution in [1.29, 1.82) is 0 Å². The van der Waals surface area contributed by atoms with E-state index in [-0.39, 0.29) is 14.9 Å². The maximum atomic E-state index is 14.7. The molecule has 0 amide bonds. The van der Waals surface area contributed by atoms with Gasteiger partial charge in [-0.2, -0.15) is 0 Å². The van der Waals surface area contributed by atoms with Crippen LogP contribution in [0.5, 0.6) is 5.75 Å². The molecule has 0 spiro atoms. The molecular weight excluding hydrogens is 511 g/mol. The second-order valence-corrected chi connectivity index (χ2v) is 12.6. The molecule has 0 unspecified atom stereocenters. The van der Waals surface area contributed by atoms with Crippen LogP contribution in [0.1, 0.15) is 38.3 Å². The van der Waals surface area contributed by atoms with Gasteiger partial charge in [-0.1, -0.05) is 0 Å². The second kappa shape index (κ2) is 8.75. The zero-order chi connectivity index (χ0) is 21.2. The Morgan fingerprint density at radius 3 is 2.11 bits per heavy atom. The molecule has 0 radical (unpaired) electrons. The van der Waals surface area contributed by atoms with E-state index in [1.54, 1.807) is 12.1 Å². The minimum atomic E-state index is -4.79. The third kappa shape index (κ3) is 5.10. The number of hydrogen-bond donors (Lipinski definition) is 1. The Morgan fingerprint density at radius 1 is 1.00 bits per heavy atom. The van der Waals surface area contributed by atoms with Crippen molar-refractivity contribution >= 4 is 27.6 Å². The van der Waals surface area contributed by atoms with Gasteiger partial charge in [0.05, 0.1) is 0 Å². The molecular formula is C20H22ClF4IO2. The molecule has 0 aromatic heterocycles. The van der Waals surface area contributed by atoms with Crippen molar-refractivity contribution in [3.63, 3.8) is 0 Å². The van der Waals surface area contributed by atoms with E-state index >= 15 is 0 Å². The monoisotopic (exact) mass is 532 g/mol. The van der Waals surface area contributed by atoms with E-state index in [4.69, 9.17) is 8.91 Å². The Kier molecular flexibility index (Phi) is 7.26. The fourth-order valence-electron chi connectivity index (χ4n) is 2.55. The van der Waals surface area contributed by atoms with Crippen LogP contribution < -0.4 is 4.74 Å². The molecule has 0 aliphatic carbocycles. The summed E-state index contributed by atoms with van der Waals surface area (Å²) in [7, 11) is 5.96.